The fraction of sp³-hybridized carbons (Fsp3) is 0.571. The van der Waals surface area contributed by atoms with Crippen molar-refractivity contribution in [3.8, 4) is 5.75 Å². The second kappa shape index (κ2) is 8.20. The lowest BCUT2D eigenvalue weighted by Gasteiger charge is -2.16. The first kappa shape index (κ1) is 16.0. The Bertz CT molecular complexity index is 388. The molecule has 0 spiro atoms. The smallest absolute Gasteiger partial charge is 0.387 e. The van der Waals surface area contributed by atoms with Gasteiger partial charge in [0, 0.05) is 11.7 Å². The average Bonchev–Trinajstić information content (AvgIpc) is 2.32. The summed E-state index contributed by atoms with van der Waals surface area (Å²) in [6.45, 7) is 1.40. The first-order valence-corrected chi connectivity index (χ1v) is 6.91. The largest absolute Gasteiger partial charge is 0.433 e. The standard InChI is InChI=1S/C14H20ClF2NO/c1-3-4-5-6-10(2)18-11-7-8-13(12(15)9-11)19-14(16)17/h7-10,14,18H,3-6H2,1-2H3. The SMILES string of the molecule is CCCCCC(C)Nc1ccc(OC(F)F)c(Cl)c1. The number of hydrogen-bond acceptors (Lipinski definition) is 2. The van der Waals surface area contributed by atoms with E-state index in [-0.39, 0.29) is 10.8 Å². The van der Waals surface area contributed by atoms with Crippen LogP contribution in [-0.2, 0) is 0 Å². The minimum Gasteiger partial charge on any atom is -0.433 e. The number of rotatable bonds is 8. The summed E-state index contributed by atoms with van der Waals surface area (Å²) in [6.07, 6.45) is 4.65. The fourth-order valence-electron chi connectivity index (χ4n) is 1.84. The second-order valence-electron chi connectivity index (χ2n) is 4.56. The molecule has 5 heteroatoms. The molecule has 0 saturated carbocycles. The molecule has 0 bridgehead atoms. The maximum absolute atomic E-state index is 12.1. The molecule has 1 aromatic carbocycles. The summed E-state index contributed by atoms with van der Waals surface area (Å²) in [4.78, 5) is 0. The van der Waals surface area contributed by atoms with Crippen LogP contribution in [0.15, 0.2) is 18.2 Å². The van der Waals surface area contributed by atoms with Crippen LogP contribution in [0.2, 0.25) is 5.02 Å². The van der Waals surface area contributed by atoms with Crippen LogP contribution in [0.25, 0.3) is 0 Å². The highest BCUT2D eigenvalue weighted by Gasteiger charge is 2.10. The lowest BCUT2D eigenvalue weighted by atomic mass is 10.1. The molecule has 19 heavy (non-hydrogen) atoms. The maximum Gasteiger partial charge on any atom is 0.387 e. The van der Waals surface area contributed by atoms with Crippen LogP contribution in [0.5, 0.6) is 5.75 Å². The molecular weight excluding hydrogens is 272 g/mol. The van der Waals surface area contributed by atoms with Gasteiger partial charge in [-0.15, -0.1) is 0 Å². The monoisotopic (exact) mass is 291 g/mol. The Balaban J connectivity index is 2.53. The minimum atomic E-state index is -2.86. The Morgan fingerprint density at radius 2 is 2.05 bits per heavy atom. The predicted octanol–water partition coefficient (Wildman–Crippen LogP) is 5.32. The second-order valence-corrected chi connectivity index (χ2v) is 4.97. The van der Waals surface area contributed by atoms with E-state index in [2.05, 4.69) is 23.9 Å². The molecule has 1 atom stereocenters. The van der Waals surface area contributed by atoms with Crippen molar-refractivity contribution in [3.05, 3.63) is 23.2 Å². The van der Waals surface area contributed by atoms with E-state index in [1.165, 1.54) is 25.3 Å². The molecule has 0 fully saturated rings. The Kier molecular flexibility index (Phi) is 6.92. The van der Waals surface area contributed by atoms with E-state index >= 15 is 0 Å². The van der Waals surface area contributed by atoms with Crippen molar-refractivity contribution in [1.82, 2.24) is 0 Å². The quantitative estimate of drug-likeness (QED) is 0.654. The zero-order chi connectivity index (χ0) is 14.3. The van der Waals surface area contributed by atoms with Crippen molar-refractivity contribution >= 4 is 17.3 Å². The number of benzene rings is 1. The Hall–Kier alpha value is -1.03. The van der Waals surface area contributed by atoms with Crippen LogP contribution < -0.4 is 10.1 Å². The molecule has 1 N–H and O–H groups in total. The Morgan fingerprint density at radius 1 is 1.32 bits per heavy atom. The zero-order valence-corrected chi connectivity index (χ0v) is 12.0. The molecule has 0 aliphatic heterocycles. The molecule has 1 rings (SSSR count). The lowest BCUT2D eigenvalue weighted by molar-refractivity contribution is -0.0497. The van der Waals surface area contributed by atoms with Crippen LogP contribution in [0.1, 0.15) is 39.5 Å². The van der Waals surface area contributed by atoms with Gasteiger partial charge < -0.3 is 10.1 Å². The third kappa shape index (κ3) is 6.10. The van der Waals surface area contributed by atoms with Gasteiger partial charge in [-0.2, -0.15) is 8.78 Å². The third-order valence-electron chi connectivity index (χ3n) is 2.80. The molecule has 0 radical (unpaired) electrons. The average molecular weight is 292 g/mol. The number of nitrogens with one attached hydrogen (secondary N) is 1. The normalized spacial score (nSPS) is 12.5. The summed E-state index contributed by atoms with van der Waals surface area (Å²) in [5, 5.41) is 3.48. The topological polar surface area (TPSA) is 21.3 Å². The first-order chi connectivity index (χ1) is 9.02. The van der Waals surface area contributed by atoms with Gasteiger partial charge in [0.15, 0.2) is 0 Å². The summed E-state index contributed by atoms with van der Waals surface area (Å²) in [7, 11) is 0. The molecule has 0 aliphatic carbocycles. The van der Waals surface area contributed by atoms with E-state index in [4.69, 9.17) is 11.6 Å². The van der Waals surface area contributed by atoms with Gasteiger partial charge in [0.1, 0.15) is 5.75 Å². The summed E-state index contributed by atoms with van der Waals surface area (Å²) in [5.41, 5.74) is 0.815. The molecule has 0 aliphatic rings. The molecule has 1 aromatic rings. The van der Waals surface area contributed by atoms with Crippen LogP contribution in [0, 0.1) is 0 Å². The van der Waals surface area contributed by atoms with Gasteiger partial charge >= 0.3 is 6.61 Å². The number of alkyl halides is 2. The highest BCUT2D eigenvalue weighted by molar-refractivity contribution is 6.32. The number of anilines is 1. The van der Waals surface area contributed by atoms with Crippen LogP contribution >= 0.6 is 11.6 Å². The van der Waals surface area contributed by atoms with Crippen molar-refractivity contribution < 1.29 is 13.5 Å². The van der Waals surface area contributed by atoms with E-state index in [9.17, 15) is 8.78 Å². The summed E-state index contributed by atoms with van der Waals surface area (Å²) < 4.78 is 28.5. The fourth-order valence-corrected chi connectivity index (χ4v) is 2.06. The van der Waals surface area contributed by atoms with Gasteiger partial charge in [-0.1, -0.05) is 37.8 Å². The van der Waals surface area contributed by atoms with Crippen molar-refractivity contribution in [2.45, 2.75) is 52.2 Å². The summed E-state index contributed by atoms with van der Waals surface area (Å²) in [6, 6.07) is 5.08. The molecule has 108 valence electrons. The highest BCUT2D eigenvalue weighted by Crippen LogP contribution is 2.29. The Morgan fingerprint density at radius 3 is 2.63 bits per heavy atom. The van der Waals surface area contributed by atoms with Crippen LogP contribution in [0.3, 0.4) is 0 Å². The number of halogens is 3. The van der Waals surface area contributed by atoms with Crippen LogP contribution in [-0.4, -0.2) is 12.7 Å². The number of ether oxygens (including phenoxy) is 1. The van der Waals surface area contributed by atoms with Gasteiger partial charge in [-0.25, -0.2) is 0 Å². The lowest BCUT2D eigenvalue weighted by Crippen LogP contribution is -2.14. The maximum atomic E-state index is 12.1. The molecule has 1 unspecified atom stereocenters. The van der Waals surface area contributed by atoms with E-state index in [1.54, 1.807) is 12.1 Å². The third-order valence-corrected chi connectivity index (χ3v) is 3.10. The summed E-state index contributed by atoms with van der Waals surface area (Å²) >= 11 is 5.89. The van der Waals surface area contributed by atoms with Crippen molar-refractivity contribution in [3.63, 3.8) is 0 Å². The molecule has 2 nitrogen and oxygen atoms in total. The molecule has 0 amide bonds. The molecule has 0 saturated heterocycles. The zero-order valence-electron chi connectivity index (χ0n) is 11.3. The van der Waals surface area contributed by atoms with Gasteiger partial charge in [0.05, 0.1) is 5.02 Å². The van der Waals surface area contributed by atoms with Crippen LogP contribution in [0.4, 0.5) is 14.5 Å². The molecule has 0 aromatic heterocycles. The van der Waals surface area contributed by atoms with Gasteiger partial charge in [-0.05, 0) is 31.5 Å². The van der Waals surface area contributed by atoms with Crippen molar-refractivity contribution in [1.29, 1.82) is 0 Å². The van der Waals surface area contributed by atoms with Gasteiger partial charge in [0.2, 0.25) is 0 Å². The number of unbranched alkanes of at least 4 members (excludes halogenated alkanes) is 2. The molecule has 0 heterocycles. The Labute approximate surface area is 118 Å². The van der Waals surface area contributed by atoms with Gasteiger partial charge in [0.25, 0.3) is 0 Å². The number of hydrogen-bond donors (Lipinski definition) is 1. The van der Waals surface area contributed by atoms with E-state index < -0.39 is 6.61 Å². The van der Waals surface area contributed by atoms with E-state index in [0.717, 1.165) is 12.1 Å². The molecular formula is C14H20ClF2NO. The van der Waals surface area contributed by atoms with E-state index in [0.29, 0.717) is 6.04 Å². The van der Waals surface area contributed by atoms with E-state index in [1.807, 2.05) is 0 Å². The van der Waals surface area contributed by atoms with Crippen molar-refractivity contribution in [2.24, 2.45) is 0 Å². The summed E-state index contributed by atoms with van der Waals surface area (Å²) in [5.74, 6) is 0.000790. The van der Waals surface area contributed by atoms with Gasteiger partial charge in [-0.3, -0.25) is 0 Å². The first-order valence-electron chi connectivity index (χ1n) is 6.53. The minimum absolute atomic E-state index is 0.000790. The van der Waals surface area contributed by atoms with Crippen molar-refractivity contribution in [2.75, 3.05) is 5.32 Å². The predicted molar refractivity (Wildman–Crippen MR) is 75.3 cm³/mol. The highest BCUT2D eigenvalue weighted by atomic mass is 35.5.